The second kappa shape index (κ2) is 12.9. The molecule has 3 aromatic rings. The number of fused-ring (bicyclic) bond motifs is 1. The Morgan fingerprint density at radius 2 is 1.78 bits per heavy atom. The molecule has 2 aliphatic heterocycles. The van der Waals surface area contributed by atoms with Gasteiger partial charge in [0.1, 0.15) is 6.54 Å². The fourth-order valence-electron chi connectivity index (χ4n) is 5.56. The number of hydrogen-bond acceptors (Lipinski definition) is 4. The predicted octanol–water partition coefficient (Wildman–Crippen LogP) is 1.47. The maximum atomic E-state index is 14.5. The Kier molecular flexibility index (Phi) is 9.94. The van der Waals surface area contributed by atoms with E-state index in [1.165, 1.54) is 17.0 Å². The molecule has 2 saturated heterocycles. The van der Waals surface area contributed by atoms with Crippen LogP contribution in [0.15, 0.2) is 41.3 Å². The third-order valence-corrected chi connectivity index (χ3v) is 7.47. The van der Waals surface area contributed by atoms with Crippen molar-refractivity contribution in [3.8, 4) is 0 Å². The molecule has 214 valence electrons. The summed E-state index contributed by atoms with van der Waals surface area (Å²) >= 11 is 0. The van der Waals surface area contributed by atoms with Gasteiger partial charge >= 0.3 is 63.3 Å². The van der Waals surface area contributed by atoms with Crippen molar-refractivity contribution in [3.05, 3.63) is 69.5 Å². The number of nitrogens with zero attached hydrogens (tertiary/aromatic N) is 5. The van der Waals surface area contributed by atoms with Gasteiger partial charge in [0.2, 0.25) is 5.91 Å². The van der Waals surface area contributed by atoms with Crippen LogP contribution in [0, 0.1) is 11.6 Å². The van der Waals surface area contributed by atoms with Gasteiger partial charge in [-0.05, 0) is 62.5 Å². The average molecular weight is 605 g/mol. The summed E-state index contributed by atoms with van der Waals surface area (Å²) in [4.78, 5) is 47.3. The second-order valence-corrected chi connectivity index (χ2v) is 10.1. The predicted molar refractivity (Wildman–Crippen MR) is 134 cm³/mol. The van der Waals surface area contributed by atoms with Crippen LogP contribution in [0.3, 0.4) is 0 Å². The molecule has 5 rings (SSSR count). The number of likely N-dealkylation sites (tertiary alicyclic amines) is 2. The van der Waals surface area contributed by atoms with E-state index in [2.05, 4.69) is 15.3 Å². The molecule has 0 saturated carbocycles. The smallest absolute Gasteiger partial charge is 0.436 e. The summed E-state index contributed by atoms with van der Waals surface area (Å²) in [6.07, 6.45) is -2.41. The Morgan fingerprint density at radius 1 is 1.05 bits per heavy atom. The van der Waals surface area contributed by atoms with Crippen molar-refractivity contribution >= 4 is 23.1 Å². The number of benzene rings is 1. The summed E-state index contributed by atoms with van der Waals surface area (Å²) in [6.45, 7) is -1.65. The van der Waals surface area contributed by atoms with Gasteiger partial charge in [-0.25, -0.2) is 18.6 Å². The Bertz CT molecular complexity index is 1470. The van der Waals surface area contributed by atoms with Gasteiger partial charge < -0.3 is 15.1 Å². The van der Waals surface area contributed by atoms with Crippen molar-refractivity contribution in [2.45, 2.75) is 49.9 Å². The van der Waals surface area contributed by atoms with Crippen LogP contribution >= 0.6 is 0 Å². The number of H-pyrrole nitrogens is 1. The number of imidazole rings is 1. The van der Waals surface area contributed by atoms with Crippen molar-refractivity contribution in [1.82, 2.24) is 24.3 Å². The number of piperidine rings is 1. The third kappa shape index (κ3) is 7.01. The summed E-state index contributed by atoms with van der Waals surface area (Å²) in [5.41, 5.74) is 0.644. The van der Waals surface area contributed by atoms with Gasteiger partial charge in [-0.3, -0.25) is 19.1 Å². The molecule has 0 unspecified atom stereocenters. The summed E-state index contributed by atoms with van der Waals surface area (Å²) < 4.78 is 69.8. The quantitative estimate of drug-likeness (QED) is 0.360. The maximum absolute atomic E-state index is 14.5. The van der Waals surface area contributed by atoms with Crippen molar-refractivity contribution in [1.29, 1.82) is 0 Å². The summed E-state index contributed by atoms with van der Waals surface area (Å²) in [5, 5.41) is 3.98. The SMILES string of the molecule is O=C([N-][C@@H]1CC[C@@H](c2cccc(F)c2F)CN(CC(F)(F)F)C1=O)N1CCC(n2c(=O)[nH]c3ncccc32)CC1.[K+]. The first kappa shape index (κ1) is 31.6. The standard InChI is InChI=1S/C26H27F5N6O3.K/c27-18-4-1-3-17(21(18)28)15-6-7-19(23(38)36(13-15)14-26(29,30)31)33-24(39)35-11-8-16(9-12-35)37-20-5-2-10-32-22(20)34-25(37)40;/h1-5,10,15-16,19H,6-9,11-14H2,(H2,32,33,34,39,40);/q;+1/p-1/t15-,19-;/m1./s1. The Labute approximate surface area is 273 Å². The van der Waals surface area contributed by atoms with E-state index in [0.717, 1.165) is 6.07 Å². The summed E-state index contributed by atoms with van der Waals surface area (Å²) in [7, 11) is 0. The number of alkyl halides is 3. The van der Waals surface area contributed by atoms with Gasteiger partial charge in [-0.1, -0.05) is 12.1 Å². The molecular weight excluding hydrogens is 578 g/mol. The van der Waals surface area contributed by atoms with Gasteiger partial charge in [0.25, 0.3) is 0 Å². The first-order valence-electron chi connectivity index (χ1n) is 12.9. The van der Waals surface area contributed by atoms with Crippen molar-refractivity contribution in [2.75, 3.05) is 26.2 Å². The molecule has 4 heterocycles. The minimum absolute atomic E-state index is 0. The largest absolute Gasteiger partial charge is 1.00 e. The zero-order valence-electron chi connectivity index (χ0n) is 22.2. The molecule has 1 aromatic carbocycles. The fraction of sp³-hybridized carbons (Fsp3) is 0.462. The van der Waals surface area contributed by atoms with Crippen LogP contribution in [0.5, 0.6) is 0 Å². The van der Waals surface area contributed by atoms with Crippen LogP contribution < -0.4 is 57.1 Å². The minimum atomic E-state index is -4.74. The molecule has 1 N–H and O–H groups in total. The van der Waals surface area contributed by atoms with Crippen LogP contribution in [0.1, 0.15) is 43.2 Å². The molecule has 0 aliphatic carbocycles. The molecule has 0 spiro atoms. The normalized spacial score (nSPS) is 20.6. The zero-order valence-corrected chi connectivity index (χ0v) is 25.3. The average Bonchev–Trinajstić information content (AvgIpc) is 3.18. The summed E-state index contributed by atoms with van der Waals surface area (Å²) in [6, 6.07) is 4.57. The van der Waals surface area contributed by atoms with Gasteiger partial charge in [0, 0.05) is 30.7 Å². The van der Waals surface area contributed by atoms with E-state index in [1.54, 1.807) is 22.9 Å². The first-order chi connectivity index (χ1) is 19.0. The van der Waals surface area contributed by atoms with Crippen LogP contribution in [-0.4, -0.2) is 74.7 Å². The van der Waals surface area contributed by atoms with Crippen LogP contribution in [0.2, 0.25) is 0 Å². The topological polar surface area (TPSA) is 105 Å². The molecule has 15 heteroatoms. The molecule has 2 aromatic heterocycles. The van der Waals surface area contributed by atoms with Crippen LogP contribution in [-0.2, 0) is 4.79 Å². The Balaban J connectivity index is 0.00000387. The number of hydrogen-bond donors (Lipinski definition) is 1. The first-order valence-corrected chi connectivity index (χ1v) is 12.9. The minimum Gasteiger partial charge on any atom is -0.436 e. The Hall–Kier alpha value is -2.33. The van der Waals surface area contributed by atoms with Crippen molar-refractivity contribution < 1.29 is 82.9 Å². The molecule has 2 atom stereocenters. The molecule has 0 bridgehead atoms. The van der Waals surface area contributed by atoms with E-state index >= 15 is 0 Å². The number of carbonyl (C=O) groups excluding carboxylic acids is 2. The number of pyridine rings is 1. The molecule has 2 fully saturated rings. The summed E-state index contributed by atoms with van der Waals surface area (Å²) in [5.74, 6) is -4.21. The van der Waals surface area contributed by atoms with Gasteiger partial charge in [-0.15, -0.1) is 0 Å². The number of aromatic nitrogens is 3. The molecular formula is C26H26F5KN6O3. The third-order valence-electron chi connectivity index (χ3n) is 7.47. The van der Waals surface area contributed by atoms with Crippen molar-refractivity contribution in [2.24, 2.45) is 0 Å². The second-order valence-electron chi connectivity index (χ2n) is 10.1. The Morgan fingerprint density at radius 3 is 2.49 bits per heavy atom. The molecule has 2 aliphatic rings. The van der Waals surface area contributed by atoms with E-state index in [0.29, 0.717) is 28.9 Å². The van der Waals surface area contributed by atoms with Gasteiger partial charge in [-0.2, -0.15) is 13.2 Å². The van der Waals surface area contributed by atoms with Gasteiger partial charge in [0.05, 0.1) is 5.52 Å². The van der Waals surface area contributed by atoms with Crippen LogP contribution in [0.4, 0.5) is 26.7 Å². The number of aromatic amines is 1. The number of halogens is 5. The van der Waals surface area contributed by atoms with E-state index in [-0.39, 0.29) is 94.6 Å². The molecule has 9 nitrogen and oxygen atoms in total. The van der Waals surface area contributed by atoms with E-state index in [9.17, 15) is 36.3 Å². The van der Waals surface area contributed by atoms with E-state index < -0.39 is 54.8 Å². The number of urea groups is 1. The maximum Gasteiger partial charge on any atom is 1.00 e. The fourth-order valence-corrected chi connectivity index (χ4v) is 5.56. The van der Waals surface area contributed by atoms with E-state index in [4.69, 9.17) is 0 Å². The molecule has 3 amide bonds. The number of rotatable bonds is 4. The molecule has 0 radical (unpaired) electrons. The number of amides is 3. The number of nitrogens with one attached hydrogen (secondary N) is 1. The van der Waals surface area contributed by atoms with Crippen molar-refractivity contribution in [3.63, 3.8) is 0 Å². The zero-order chi connectivity index (χ0) is 28.6. The number of carbonyl (C=O) groups is 2. The van der Waals surface area contributed by atoms with E-state index in [1.807, 2.05) is 0 Å². The van der Waals surface area contributed by atoms with Crippen LogP contribution in [0.25, 0.3) is 16.5 Å². The monoisotopic (exact) mass is 604 g/mol. The molecule has 41 heavy (non-hydrogen) atoms. The van der Waals surface area contributed by atoms with Gasteiger partial charge in [0.15, 0.2) is 23.3 Å².